The fourth-order valence-corrected chi connectivity index (χ4v) is 2.21. The average Bonchev–Trinajstić information content (AvgIpc) is 2.54. The van der Waals surface area contributed by atoms with Gasteiger partial charge in [-0.05, 0) is 37.1 Å². The lowest BCUT2D eigenvalue weighted by Crippen LogP contribution is -2.23. The van der Waals surface area contributed by atoms with E-state index in [0.29, 0.717) is 25.4 Å². The Morgan fingerprint density at radius 3 is 2.39 bits per heavy atom. The molecule has 0 amide bonds. The van der Waals surface area contributed by atoms with Gasteiger partial charge in [0.15, 0.2) is 11.5 Å². The second-order valence-electron chi connectivity index (χ2n) is 5.74. The first-order valence-corrected chi connectivity index (χ1v) is 7.82. The van der Waals surface area contributed by atoms with Crippen molar-refractivity contribution in [3.63, 3.8) is 0 Å². The Kier molecular flexibility index (Phi) is 6.44. The molecule has 0 fully saturated rings. The van der Waals surface area contributed by atoms with Crippen molar-refractivity contribution in [2.24, 2.45) is 0 Å². The lowest BCUT2D eigenvalue weighted by atomic mass is 10.1. The van der Waals surface area contributed by atoms with Crippen molar-refractivity contribution in [1.82, 2.24) is 5.32 Å². The summed E-state index contributed by atoms with van der Waals surface area (Å²) >= 11 is 0. The number of methoxy groups -OCH3 is 1. The highest BCUT2D eigenvalue weighted by Crippen LogP contribution is 2.28. The number of aliphatic hydroxyl groups is 1. The van der Waals surface area contributed by atoms with Crippen molar-refractivity contribution in [1.29, 1.82) is 0 Å². The van der Waals surface area contributed by atoms with E-state index in [1.165, 1.54) is 5.56 Å². The van der Waals surface area contributed by atoms with E-state index in [2.05, 4.69) is 36.5 Å². The van der Waals surface area contributed by atoms with Crippen LogP contribution in [0.4, 0.5) is 0 Å². The van der Waals surface area contributed by atoms with Crippen LogP contribution in [-0.4, -0.2) is 24.9 Å². The molecule has 0 aliphatic heterocycles. The molecule has 2 N–H and O–H groups in total. The molecule has 1 atom stereocenters. The maximum Gasteiger partial charge on any atom is 0.161 e. The van der Waals surface area contributed by atoms with Crippen LogP contribution in [0.25, 0.3) is 0 Å². The minimum atomic E-state index is -0.353. The predicted octanol–water partition coefficient (Wildman–Crippen LogP) is 3.05. The first-order chi connectivity index (χ1) is 11.1. The van der Waals surface area contributed by atoms with Crippen molar-refractivity contribution in [3.05, 3.63) is 59.2 Å². The Morgan fingerprint density at radius 2 is 1.74 bits per heavy atom. The van der Waals surface area contributed by atoms with Crippen LogP contribution in [0.15, 0.2) is 42.5 Å². The van der Waals surface area contributed by atoms with E-state index >= 15 is 0 Å². The first-order valence-electron chi connectivity index (χ1n) is 7.82. The van der Waals surface area contributed by atoms with Gasteiger partial charge in [-0.3, -0.25) is 0 Å². The number of hydrogen-bond acceptors (Lipinski definition) is 4. The van der Waals surface area contributed by atoms with Gasteiger partial charge in [-0.1, -0.05) is 35.9 Å². The largest absolute Gasteiger partial charge is 0.493 e. The molecule has 2 rings (SSSR count). The second kappa shape index (κ2) is 8.56. The number of nitrogens with one attached hydrogen (secondary N) is 1. The molecule has 0 aromatic heterocycles. The van der Waals surface area contributed by atoms with E-state index in [0.717, 1.165) is 16.9 Å². The molecular weight excluding hydrogens is 290 g/mol. The topological polar surface area (TPSA) is 50.7 Å². The van der Waals surface area contributed by atoms with Crippen LogP contribution >= 0.6 is 0 Å². The van der Waals surface area contributed by atoms with Gasteiger partial charge < -0.3 is 19.9 Å². The summed E-state index contributed by atoms with van der Waals surface area (Å²) in [4.78, 5) is 0. The standard InChI is InChI=1S/C19H25NO3/c1-14-4-6-16(7-5-14)13-23-18-9-8-17(10-19(18)22-3)12-20-11-15(2)21/h4-10,15,20-21H,11-13H2,1-3H3/t15-/m0/s1. The fraction of sp³-hybridized carbons (Fsp3) is 0.368. The number of aliphatic hydroxyl groups excluding tert-OH is 1. The third kappa shape index (κ3) is 5.58. The van der Waals surface area contributed by atoms with Gasteiger partial charge in [0.05, 0.1) is 13.2 Å². The highest BCUT2D eigenvalue weighted by molar-refractivity contribution is 5.43. The third-order valence-corrected chi connectivity index (χ3v) is 3.51. The summed E-state index contributed by atoms with van der Waals surface area (Å²) in [5, 5.41) is 12.5. The molecule has 124 valence electrons. The Bertz CT molecular complexity index is 609. The van der Waals surface area contributed by atoms with Gasteiger partial charge in [-0.15, -0.1) is 0 Å². The molecule has 2 aromatic rings. The molecule has 23 heavy (non-hydrogen) atoms. The second-order valence-corrected chi connectivity index (χ2v) is 5.74. The molecule has 0 saturated heterocycles. The number of ether oxygens (including phenoxy) is 2. The maximum absolute atomic E-state index is 9.26. The lowest BCUT2D eigenvalue weighted by molar-refractivity contribution is 0.191. The van der Waals surface area contributed by atoms with E-state index in [-0.39, 0.29) is 6.10 Å². The average molecular weight is 315 g/mol. The number of hydrogen-bond donors (Lipinski definition) is 2. The minimum absolute atomic E-state index is 0.353. The van der Waals surface area contributed by atoms with E-state index in [1.54, 1.807) is 14.0 Å². The van der Waals surface area contributed by atoms with Crippen molar-refractivity contribution in [2.45, 2.75) is 33.1 Å². The van der Waals surface area contributed by atoms with Crippen LogP contribution in [-0.2, 0) is 13.2 Å². The van der Waals surface area contributed by atoms with Gasteiger partial charge in [0, 0.05) is 13.1 Å². The number of benzene rings is 2. The monoisotopic (exact) mass is 315 g/mol. The van der Waals surface area contributed by atoms with Crippen molar-refractivity contribution in [2.75, 3.05) is 13.7 Å². The van der Waals surface area contributed by atoms with Crippen molar-refractivity contribution < 1.29 is 14.6 Å². The summed E-state index contributed by atoms with van der Waals surface area (Å²) < 4.78 is 11.3. The van der Waals surface area contributed by atoms with Crippen LogP contribution in [0.3, 0.4) is 0 Å². The summed E-state index contributed by atoms with van der Waals surface area (Å²) in [6.07, 6.45) is -0.353. The Hall–Kier alpha value is -2.04. The molecule has 0 aliphatic rings. The zero-order valence-electron chi connectivity index (χ0n) is 14.0. The third-order valence-electron chi connectivity index (χ3n) is 3.51. The van der Waals surface area contributed by atoms with Gasteiger partial charge in [-0.25, -0.2) is 0 Å². The molecule has 0 unspecified atom stereocenters. The molecule has 0 heterocycles. The zero-order valence-corrected chi connectivity index (χ0v) is 14.0. The van der Waals surface area contributed by atoms with Crippen LogP contribution in [0.5, 0.6) is 11.5 Å². The first kappa shape index (κ1) is 17.3. The van der Waals surface area contributed by atoms with E-state index in [4.69, 9.17) is 9.47 Å². The highest BCUT2D eigenvalue weighted by Gasteiger charge is 2.06. The predicted molar refractivity (Wildman–Crippen MR) is 91.9 cm³/mol. The molecule has 4 nitrogen and oxygen atoms in total. The van der Waals surface area contributed by atoms with Crippen LogP contribution in [0, 0.1) is 6.92 Å². The van der Waals surface area contributed by atoms with Crippen LogP contribution in [0.2, 0.25) is 0 Å². The summed E-state index contributed by atoms with van der Waals surface area (Å²) in [5.41, 5.74) is 3.45. The highest BCUT2D eigenvalue weighted by atomic mass is 16.5. The zero-order chi connectivity index (χ0) is 16.7. The van der Waals surface area contributed by atoms with Crippen molar-refractivity contribution >= 4 is 0 Å². The fourth-order valence-electron chi connectivity index (χ4n) is 2.21. The van der Waals surface area contributed by atoms with E-state index < -0.39 is 0 Å². The summed E-state index contributed by atoms with van der Waals surface area (Å²) in [7, 11) is 1.64. The van der Waals surface area contributed by atoms with Gasteiger partial charge in [0.25, 0.3) is 0 Å². The Morgan fingerprint density at radius 1 is 1.04 bits per heavy atom. The molecular formula is C19H25NO3. The normalized spacial score (nSPS) is 12.0. The van der Waals surface area contributed by atoms with Gasteiger partial charge in [-0.2, -0.15) is 0 Å². The number of aryl methyl sites for hydroxylation is 1. The smallest absolute Gasteiger partial charge is 0.161 e. The van der Waals surface area contributed by atoms with Crippen LogP contribution < -0.4 is 14.8 Å². The molecule has 4 heteroatoms. The maximum atomic E-state index is 9.26. The molecule has 0 radical (unpaired) electrons. The summed E-state index contributed by atoms with van der Waals surface area (Å²) in [6.45, 7) is 5.58. The lowest BCUT2D eigenvalue weighted by Gasteiger charge is -2.13. The molecule has 0 spiro atoms. The quantitative estimate of drug-likeness (QED) is 0.786. The van der Waals surface area contributed by atoms with Crippen LogP contribution in [0.1, 0.15) is 23.6 Å². The molecule has 2 aromatic carbocycles. The SMILES string of the molecule is COc1cc(CNC[C@H](C)O)ccc1OCc1ccc(C)cc1. The Labute approximate surface area is 138 Å². The van der Waals surface area contributed by atoms with E-state index in [1.807, 2.05) is 18.2 Å². The van der Waals surface area contributed by atoms with Crippen molar-refractivity contribution in [3.8, 4) is 11.5 Å². The molecule has 0 saturated carbocycles. The minimum Gasteiger partial charge on any atom is -0.493 e. The molecule has 0 aliphatic carbocycles. The van der Waals surface area contributed by atoms with E-state index in [9.17, 15) is 5.11 Å². The van der Waals surface area contributed by atoms with Gasteiger partial charge in [0.2, 0.25) is 0 Å². The van der Waals surface area contributed by atoms with Gasteiger partial charge >= 0.3 is 0 Å². The summed E-state index contributed by atoms with van der Waals surface area (Å²) in [6, 6.07) is 14.2. The van der Waals surface area contributed by atoms with Gasteiger partial charge in [0.1, 0.15) is 6.61 Å². The molecule has 0 bridgehead atoms. The Balaban J connectivity index is 1.97. The number of rotatable bonds is 8. The summed E-state index contributed by atoms with van der Waals surface area (Å²) in [5.74, 6) is 1.45.